The molecule has 2 aliphatic heterocycles. The maximum atomic E-state index is 14.4. The lowest BCUT2D eigenvalue weighted by Gasteiger charge is -2.44. The topological polar surface area (TPSA) is 53.0 Å². The van der Waals surface area contributed by atoms with Crippen molar-refractivity contribution < 1.29 is 23.4 Å². The zero-order valence-electron chi connectivity index (χ0n) is 16.0. The number of halogens is 2. The molecule has 0 aromatic heterocycles. The van der Waals surface area contributed by atoms with E-state index in [1.54, 1.807) is 6.92 Å². The number of ether oxygens (including phenoxy) is 1. The third kappa shape index (κ3) is 4.24. The Morgan fingerprint density at radius 3 is 2.68 bits per heavy atom. The molecule has 0 bridgehead atoms. The second kappa shape index (κ2) is 9.07. The lowest BCUT2D eigenvalue weighted by Crippen LogP contribution is -2.52. The zero-order chi connectivity index (χ0) is 20.3. The average Bonchev–Trinajstić information content (AvgIpc) is 2.67. The summed E-state index contributed by atoms with van der Waals surface area (Å²) >= 11 is 1.41. The molecule has 1 saturated heterocycles. The maximum absolute atomic E-state index is 14.4. The molecule has 0 aliphatic carbocycles. The molecule has 2 aliphatic rings. The van der Waals surface area contributed by atoms with Gasteiger partial charge in [0.25, 0.3) is 0 Å². The first kappa shape index (κ1) is 20.8. The maximum Gasteiger partial charge on any atom is 0.338 e. The van der Waals surface area contributed by atoms with Crippen molar-refractivity contribution in [2.45, 2.75) is 26.6 Å². The Morgan fingerprint density at radius 2 is 2.04 bits per heavy atom. The van der Waals surface area contributed by atoms with Crippen LogP contribution in [0.4, 0.5) is 8.78 Å². The molecule has 0 saturated carbocycles. The van der Waals surface area contributed by atoms with E-state index in [4.69, 9.17) is 4.74 Å². The van der Waals surface area contributed by atoms with Crippen molar-refractivity contribution in [3.8, 4) is 0 Å². The highest BCUT2D eigenvalue weighted by atomic mass is 32.2. The quantitative estimate of drug-likeness (QED) is 0.776. The summed E-state index contributed by atoms with van der Waals surface area (Å²) in [4.78, 5) is 16.0. The molecule has 5 nitrogen and oxygen atoms in total. The number of thioether (sulfide) groups is 1. The third-order valence-corrected chi connectivity index (χ3v) is 5.88. The van der Waals surface area contributed by atoms with Crippen molar-refractivity contribution in [1.29, 1.82) is 0 Å². The van der Waals surface area contributed by atoms with Gasteiger partial charge in [0.15, 0.2) is 11.6 Å². The van der Waals surface area contributed by atoms with Crippen molar-refractivity contribution >= 4 is 17.7 Å². The van der Waals surface area contributed by atoms with Gasteiger partial charge in [-0.1, -0.05) is 19.1 Å². The summed E-state index contributed by atoms with van der Waals surface area (Å²) < 4.78 is 33.6. The Morgan fingerprint density at radius 1 is 1.32 bits per heavy atom. The van der Waals surface area contributed by atoms with Crippen LogP contribution < -0.4 is 0 Å². The molecule has 3 rings (SSSR count). The molecular formula is C20H24F2N2O3S. The number of morpholine rings is 1. The van der Waals surface area contributed by atoms with Crippen molar-refractivity contribution in [2.75, 3.05) is 32.1 Å². The van der Waals surface area contributed by atoms with Gasteiger partial charge in [-0.3, -0.25) is 4.90 Å². The lowest BCUT2D eigenvalue weighted by atomic mass is 10.0. The van der Waals surface area contributed by atoms with Crippen LogP contribution in [-0.4, -0.2) is 59.1 Å². The van der Waals surface area contributed by atoms with Crippen LogP contribution in [-0.2, 0) is 16.1 Å². The van der Waals surface area contributed by atoms with Crippen LogP contribution in [0.25, 0.3) is 0 Å². The molecule has 28 heavy (non-hydrogen) atoms. The summed E-state index contributed by atoms with van der Waals surface area (Å²) in [5.74, 6) is -2.16. The molecule has 1 unspecified atom stereocenters. The Labute approximate surface area is 167 Å². The van der Waals surface area contributed by atoms with Gasteiger partial charge in [-0.05, 0) is 30.4 Å². The van der Waals surface area contributed by atoms with E-state index in [9.17, 15) is 18.7 Å². The summed E-state index contributed by atoms with van der Waals surface area (Å²) in [6, 6.07) is 4.09. The van der Waals surface area contributed by atoms with E-state index in [0.29, 0.717) is 42.7 Å². The summed E-state index contributed by atoms with van der Waals surface area (Å²) in [5, 5.41) is 10.4. The molecule has 2 heterocycles. The third-order valence-electron chi connectivity index (χ3n) is 4.87. The molecular weight excluding hydrogens is 386 g/mol. The van der Waals surface area contributed by atoms with Gasteiger partial charge >= 0.3 is 5.97 Å². The standard InChI is InChI=1S/C20H24F2N2O3S/c1-3-28-19-17(20(25)26)13(2)11-16(23-7-9-27-10-8-23)24(19)12-14-5-4-6-15(21)18(14)22/h4-6,11,16H,3,7-10,12H2,1-2H3,(H,25,26). The second-order valence-electron chi connectivity index (χ2n) is 6.67. The van der Waals surface area contributed by atoms with Crippen molar-refractivity contribution in [3.63, 3.8) is 0 Å². The predicted octanol–water partition coefficient (Wildman–Crippen LogP) is 3.43. The van der Waals surface area contributed by atoms with E-state index < -0.39 is 17.6 Å². The van der Waals surface area contributed by atoms with Gasteiger partial charge in [0.2, 0.25) is 0 Å². The first-order chi connectivity index (χ1) is 13.4. The Hall–Kier alpha value is -1.90. The van der Waals surface area contributed by atoms with Gasteiger partial charge in [0, 0.05) is 25.2 Å². The molecule has 0 amide bonds. The molecule has 152 valence electrons. The number of aliphatic carboxylic acids is 1. The van der Waals surface area contributed by atoms with Crippen molar-refractivity contribution in [3.05, 3.63) is 57.6 Å². The molecule has 1 atom stereocenters. The molecule has 1 aromatic rings. The zero-order valence-corrected chi connectivity index (χ0v) is 16.8. The van der Waals surface area contributed by atoms with Crippen molar-refractivity contribution in [1.82, 2.24) is 9.80 Å². The smallest absolute Gasteiger partial charge is 0.338 e. The highest BCUT2D eigenvalue weighted by molar-refractivity contribution is 8.03. The fourth-order valence-electron chi connectivity index (χ4n) is 3.55. The number of carboxylic acids is 1. The fourth-order valence-corrected chi connectivity index (χ4v) is 4.55. The van der Waals surface area contributed by atoms with Crippen LogP contribution in [0.1, 0.15) is 19.4 Å². The SMILES string of the molecule is CCSC1=C(C(=O)O)C(C)=CC(N2CCOCC2)N1Cc1cccc(F)c1F. The first-order valence-electron chi connectivity index (χ1n) is 9.24. The average molecular weight is 410 g/mol. The number of benzene rings is 1. The monoisotopic (exact) mass is 410 g/mol. The molecule has 1 N–H and O–H groups in total. The Balaban J connectivity index is 2.06. The van der Waals surface area contributed by atoms with Gasteiger partial charge in [0.05, 0.1) is 23.8 Å². The minimum atomic E-state index is -1.02. The molecule has 0 radical (unpaired) electrons. The van der Waals surface area contributed by atoms with Crippen molar-refractivity contribution in [2.24, 2.45) is 0 Å². The summed E-state index contributed by atoms with van der Waals surface area (Å²) in [6.45, 7) is 6.33. The minimum Gasteiger partial charge on any atom is -0.478 e. The first-order valence-corrected chi connectivity index (χ1v) is 10.2. The number of carboxylic acid groups (broad SMARTS) is 1. The van der Waals surface area contributed by atoms with Crippen LogP contribution in [0.15, 0.2) is 40.5 Å². The van der Waals surface area contributed by atoms with E-state index >= 15 is 0 Å². The fraction of sp³-hybridized carbons (Fsp3) is 0.450. The van der Waals surface area contributed by atoms with Gasteiger partial charge in [-0.25, -0.2) is 13.6 Å². The van der Waals surface area contributed by atoms with E-state index in [2.05, 4.69) is 4.90 Å². The highest BCUT2D eigenvalue weighted by Gasteiger charge is 2.35. The summed E-state index contributed by atoms with van der Waals surface area (Å²) in [6.07, 6.45) is 1.65. The van der Waals surface area contributed by atoms with E-state index in [1.165, 1.54) is 23.9 Å². The van der Waals surface area contributed by atoms with Gasteiger partial charge in [-0.2, -0.15) is 0 Å². The largest absolute Gasteiger partial charge is 0.478 e. The highest BCUT2D eigenvalue weighted by Crippen LogP contribution is 2.37. The van der Waals surface area contributed by atoms with Crippen LogP contribution in [0, 0.1) is 11.6 Å². The summed E-state index contributed by atoms with van der Waals surface area (Å²) in [7, 11) is 0. The normalized spacial score (nSPS) is 21.1. The van der Waals surface area contributed by atoms with E-state index in [-0.39, 0.29) is 23.8 Å². The molecule has 1 fully saturated rings. The number of carbonyl (C=O) groups is 1. The second-order valence-corrected chi connectivity index (χ2v) is 7.92. The molecule has 8 heteroatoms. The van der Waals surface area contributed by atoms with Crippen LogP contribution in [0.2, 0.25) is 0 Å². The van der Waals surface area contributed by atoms with Crippen LogP contribution in [0.3, 0.4) is 0 Å². The number of hydrogen-bond acceptors (Lipinski definition) is 5. The van der Waals surface area contributed by atoms with Gasteiger partial charge < -0.3 is 14.7 Å². The Bertz CT molecular complexity index is 807. The van der Waals surface area contributed by atoms with Gasteiger partial charge in [0.1, 0.15) is 6.17 Å². The van der Waals surface area contributed by atoms with Gasteiger partial charge in [-0.15, -0.1) is 11.8 Å². The van der Waals surface area contributed by atoms with E-state index in [0.717, 1.165) is 6.07 Å². The molecule has 1 aromatic carbocycles. The van der Waals surface area contributed by atoms with Crippen LogP contribution in [0.5, 0.6) is 0 Å². The summed E-state index contributed by atoms with van der Waals surface area (Å²) in [5.41, 5.74) is 1.09. The van der Waals surface area contributed by atoms with E-state index in [1.807, 2.05) is 17.9 Å². The number of rotatable bonds is 6. The number of nitrogens with zero attached hydrogens (tertiary/aromatic N) is 2. The number of hydrogen-bond donors (Lipinski definition) is 1. The van der Waals surface area contributed by atoms with Crippen LogP contribution >= 0.6 is 11.8 Å². The molecule has 0 spiro atoms. The predicted molar refractivity (Wildman–Crippen MR) is 105 cm³/mol. The Kier molecular flexibility index (Phi) is 6.74. The lowest BCUT2D eigenvalue weighted by molar-refractivity contribution is -0.132. The minimum absolute atomic E-state index is 0.0779.